The van der Waals surface area contributed by atoms with Crippen molar-refractivity contribution in [2.45, 2.75) is 47.5 Å². The number of Topliss-reactive ketones (excluding diaryl/α,β-unsaturated/α-hetero) is 1. The van der Waals surface area contributed by atoms with Crippen molar-refractivity contribution < 1.29 is 4.79 Å². The molecule has 0 aliphatic heterocycles. The molecule has 0 radical (unpaired) electrons. The summed E-state index contributed by atoms with van der Waals surface area (Å²) in [5.74, 6) is 0.398. The van der Waals surface area contributed by atoms with Crippen LogP contribution in [0.15, 0.2) is 28.5 Å². The molecule has 0 spiro atoms. The van der Waals surface area contributed by atoms with E-state index in [2.05, 4.69) is 37.2 Å². The fourth-order valence-electron chi connectivity index (χ4n) is 2.01. The average Bonchev–Trinajstić information content (AvgIpc) is 2.32. The molecule has 0 aliphatic rings. The highest BCUT2D eigenvalue weighted by molar-refractivity contribution is 6.13. The van der Waals surface area contributed by atoms with Gasteiger partial charge in [-0.1, -0.05) is 27.4 Å². The van der Waals surface area contributed by atoms with Gasteiger partial charge in [0.2, 0.25) is 0 Å². The van der Waals surface area contributed by atoms with Crippen molar-refractivity contribution in [2.75, 3.05) is 13.6 Å². The van der Waals surface area contributed by atoms with Crippen molar-refractivity contribution in [3.63, 3.8) is 0 Å². The zero-order valence-corrected chi connectivity index (χ0v) is 13.3. The molecule has 0 amide bonds. The molecule has 3 heteroatoms. The summed E-state index contributed by atoms with van der Waals surface area (Å²) in [6.45, 7) is 14.5. The molecule has 1 atom stereocenters. The van der Waals surface area contributed by atoms with Crippen molar-refractivity contribution in [1.29, 1.82) is 0 Å². The van der Waals surface area contributed by atoms with Crippen LogP contribution in [0.2, 0.25) is 0 Å². The molecule has 0 bridgehead atoms. The first-order valence-electron chi connectivity index (χ1n) is 7.00. The summed E-state index contributed by atoms with van der Waals surface area (Å²) >= 11 is 0. The van der Waals surface area contributed by atoms with Gasteiger partial charge in [0, 0.05) is 31.2 Å². The minimum atomic E-state index is 0.0586. The molecule has 0 aromatic carbocycles. The highest BCUT2D eigenvalue weighted by atomic mass is 16.1. The van der Waals surface area contributed by atoms with E-state index < -0.39 is 0 Å². The van der Waals surface area contributed by atoms with E-state index >= 15 is 0 Å². The van der Waals surface area contributed by atoms with Crippen LogP contribution in [0.1, 0.15) is 47.5 Å². The molecule has 108 valence electrons. The monoisotopic (exact) mass is 264 g/mol. The van der Waals surface area contributed by atoms with Crippen molar-refractivity contribution >= 4 is 12.0 Å². The molecule has 0 aliphatic carbocycles. The largest absolute Gasteiger partial charge is 0.377 e. The predicted molar refractivity (Wildman–Crippen MR) is 83.4 cm³/mol. The average molecular weight is 264 g/mol. The van der Waals surface area contributed by atoms with E-state index in [0.717, 1.165) is 25.1 Å². The van der Waals surface area contributed by atoms with Crippen molar-refractivity contribution in [3.8, 4) is 0 Å². The van der Waals surface area contributed by atoms with Crippen LogP contribution < -0.4 is 0 Å². The Hall–Kier alpha value is -1.38. The Kier molecular flexibility index (Phi) is 8.05. The number of allylic oxidation sites excluding steroid dienone is 3. The SMILES string of the molecule is C=C(C)/N=C\C(C(C)=O)=C(/C(C)CC)N(C)CCC. The first kappa shape index (κ1) is 17.6. The molecule has 0 aromatic heterocycles. The number of nitrogens with zero attached hydrogens (tertiary/aromatic N) is 2. The predicted octanol–water partition coefficient (Wildman–Crippen LogP) is 3.82. The van der Waals surface area contributed by atoms with Crippen LogP contribution in [0, 0.1) is 5.92 Å². The van der Waals surface area contributed by atoms with Gasteiger partial charge in [-0.15, -0.1) is 0 Å². The second-order valence-corrected chi connectivity index (χ2v) is 5.08. The third-order valence-corrected chi connectivity index (χ3v) is 3.12. The first-order valence-corrected chi connectivity index (χ1v) is 7.00. The van der Waals surface area contributed by atoms with Gasteiger partial charge in [0.25, 0.3) is 0 Å². The minimum Gasteiger partial charge on any atom is -0.377 e. The lowest BCUT2D eigenvalue weighted by Crippen LogP contribution is -2.26. The third-order valence-electron chi connectivity index (χ3n) is 3.12. The number of rotatable bonds is 8. The minimum absolute atomic E-state index is 0.0586. The van der Waals surface area contributed by atoms with E-state index in [1.54, 1.807) is 13.1 Å². The molecule has 0 N–H and O–H groups in total. The molecule has 0 rings (SSSR count). The maximum atomic E-state index is 11.9. The molecule has 0 saturated heterocycles. The zero-order valence-electron chi connectivity index (χ0n) is 13.3. The maximum absolute atomic E-state index is 11.9. The van der Waals surface area contributed by atoms with E-state index in [1.807, 2.05) is 14.0 Å². The lowest BCUT2D eigenvalue weighted by molar-refractivity contribution is -0.113. The summed E-state index contributed by atoms with van der Waals surface area (Å²) < 4.78 is 0. The number of aliphatic imine (C=N–C) groups is 1. The fraction of sp³-hybridized carbons (Fsp3) is 0.625. The second-order valence-electron chi connectivity index (χ2n) is 5.08. The summed E-state index contributed by atoms with van der Waals surface area (Å²) in [7, 11) is 2.04. The normalized spacial score (nSPS) is 14.2. The van der Waals surface area contributed by atoms with Crippen molar-refractivity contribution in [3.05, 3.63) is 23.5 Å². The van der Waals surface area contributed by atoms with Crippen LogP contribution >= 0.6 is 0 Å². The lowest BCUT2D eigenvalue weighted by atomic mass is 9.97. The van der Waals surface area contributed by atoms with Crippen molar-refractivity contribution in [1.82, 2.24) is 4.90 Å². The summed E-state index contributed by atoms with van der Waals surface area (Å²) in [4.78, 5) is 18.3. The van der Waals surface area contributed by atoms with Gasteiger partial charge in [0.05, 0.1) is 5.57 Å². The van der Waals surface area contributed by atoms with Gasteiger partial charge in [-0.05, 0) is 32.6 Å². The lowest BCUT2D eigenvalue weighted by Gasteiger charge is -2.28. The topological polar surface area (TPSA) is 32.7 Å². The van der Waals surface area contributed by atoms with Crippen LogP contribution in [0.25, 0.3) is 0 Å². The Balaban J connectivity index is 5.69. The van der Waals surface area contributed by atoms with Crippen LogP contribution in [-0.4, -0.2) is 30.5 Å². The number of carbonyl (C=O) groups excluding carboxylic acids is 1. The number of ketones is 1. The molecule has 0 aromatic rings. The summed E-state index contributed by atoms with van der Waals surface area (Å²) in [6, 6.07) is 0. The van der Waals surface area contributed by atoms with Gasteiger partial charge in [-0.2, -0.15) is 0 Å². The molecule has 19 heavy (non-hydrogen) atoms. The van der Waals surface area contributed by atoms with E-state index in [4.69, 9.17) is 0 Å². The van der Waals surface area contributed by atoms with Crippen LogP contribution in [0.5, 0.6) is 0 Å². The van der Waals surface area contributed by atoms with E-state index in [-0.39, 0.29) is 5.78 Å². The molecular formula is C16H28N2O. The summed E-state index contributed by atoms with van der Waals surface area (Å²) in [5, 5.41) is 0. The van der Waals surface area contributed by atoms with E-state index in [1.165, 1.54) is 0 Å². The smallest absolute Gasteiger partial charge is 0.163 e. The fourth-order valence-corrected chi connectivity index (χ4v) is 2.01. The quantitative estimate of drug-likeness (QED) is 0.493. The standard InChI is InChI=1S/C16H28N2O/c1-8-10-18(7)16(13(5)9-2)15(14(6)19)11-17-12(3)4/h11,13H,3,8-10H2,1-2,4-7H3/b16-15-,17-11-. The van der Waals surface area contributed by atoms with Gasteiger partial charge < -0.3 is 4.90 Å². The number of hydrogen-bond acceptors (Lipinski definition) is 3. The highest BCUT2D eigenvalue weighted by Crippen LogP contribution is 2.22. The summed E-state index contributed by atoms with van der Waals surface area (Å²) in [5.41, 5.74) is 2.50. The molecule has 3 nitrogen and oxygen atoms in total. The number of carbonyl (C=O) groups is 1. The maximum Gasteiger partial charge on any atom is 0.163 e. The Labute approximate surface area is 118 Å². The highest BCUT2D eigenvalue weighted by Gasteiger charge is 2.18. The molecular weight excluding hydrogens is 236 g/mol. The van der Waals surface area contributed by atoms with E-state index in [9.17, 15) is 4.79 Å². The van der Waals surface area contributed by atoms with Gasteiger partial charge in [-0.25, -0.2) is 0 Å². The molecule has 0 heterocycles. The van der Waals surface area contributed by atoms with E-state index in [0.29, 0.717) is 17.2 Å². The van der Waals surface area contributed by atoms with Gasteiger partial charge >= 0.3 is 0 Å². The Bertz CT molecular complexity index is 380. The third kappa shape index (κ3) is 5.86. The Morgan fingerprint density at radius 3 is 2.32 bits per heavy atom. The van der Waals surface area contributed by atoms with Crippen LogP contribution in [0.4, 0.5) is 0 Å². The second kappa shape index (κ2) is 8.68. The van der Waals surface area contributed by atoms with Gasteiger partial charge in [-0.3, -0.25) is 9.79 Å². The molecule has 0 saturated carbocycles. The Morgan fingerprint density at radius 1 is 1.37 bits per heavy atom. The van der Waals surface area contributed by atoms with Crippen LogP contribution in [0.3, 0.4) is 0 Å². The summed E-state index contributed by atoms with van der Waals surface area (Å²) in [6.07, 6.45) is 3.72. The number of hydrogen-bond donors (Lipinski definition) is 0. The van der Waals surface area contributed by atoms with Gasteiger partial charge in [0.15, 0.2) is 5.78 Å². The van der Waals surface area contributed by atoms with Gasteiger partial charge in [0.1, 0.15) is 0 Å². The zero-order chi connectivity index (χ0) is 15.0. The molecule has 0 fully saturated rings. The Morgan fingerprint density at radius 2 is 1.95 bits per heavy atom. The molecule has 1 unspecified atom stereocenters. The van der Waals surface area contributed by atoms with Crippen molar-refractivity contribution in [2.24, 2.45) is 10.9 Å². The van der Waals surface area contributed by atoms with Crippen LogP contribution in [-0.2, 0) is 4.79 Å². The first-order chi connectivity index (χ1) is 8.84.